The molecule has 2 bridgehead atoms. The monoisotopic (exact) mass is 395 g/mol. The summed E-state index contributed by atoms with van der Waals surface area (Å²) < 4.78 is 5.72. The predicted octanol–water partition coefficient (Wildman–Crippen LogP) is 6.38. The van der Waals surface area contributed by atoms with Crippen molar-refractivity contribution < 1.29 is 9.53 Å². The first-order valence-corrected chi connectivity index (χ1v) is 10.6. The normalized spacial score (nSPS) is 22.1. The maximum Gasteiger partial charge on any atom is 0.411 e. The summed E-state index contributed by atoms with van der Waals surface area (Å²) in [7, 11) is 0. The van der Waals surface area contributed by atoms with E-state index in [0.717, 1.165) is 18.4 Å². The van der Waals surface area contributed by atoms with Crippen LogP contribution in [-0.4, -0.2) is 17.0 Å². The lowest BCUT2D eigenvalue weighted by molar-refractivity contribution is 0.0325. The third-order valence-electron chi connectivity index (χ3n) is 6.21. The summed E-state index contributed by atoms with van der Waals surface area (Å²) in [5.74, 6) is 0.335. The molecule has 1 amide bonds. The third kappa shape index (κ3) is 3.63. The van der Waals surface area contributed by atoms with Gasteiger partial charge in [-0.3, -0.25) is 4.90 Å². The molecule has 1 fully saturated rings. The summed E-state index contributed by atoms with van der Waals surface area (Å²) in [4.78, 5) is 15.1. The van der Waals surface area contributed by atoms with Crippen LogP contribution in [0.5, 0.6) is 0 Å². The molecule has 3 aliphatic rings. The van der Waals surface area contributed by atoms with Gasteiger partial charge in [0.05, 0.1) is 12.1 Å². The topological polar surface area (TPSA) is 29.5 Å². The van der Waals surface area contributed by atoms with Crippen molar-refractivity contribution in [2.24, 2.45) is 5.92 Å². The molecule has 3 aromatic carbocycles. The van der Waals surface area contributed by atoms with Gasteiger partial charge >= 0.3 is 6.09 Å². The first kappa shape index (κ1) is 18.7. The zero-order valence-corrected chi connectivity index (χ0v) is 16.9. The number of fused-ring (bicyclic) bond motifs is 2. The Kier molecular flexibility index (Phi) is 5.10. The maximum absolute atomic E-state index is 13.1. The molecule has 3 atom stereocenters. The van der Waals surface area contributed by atoms with Gasteiger partial charge in [0.2, 0.25) is 0 Å². The van der Waals surface area contributed by atoms with Gasteiger partial charge in [0.15, 0.2) is 0 Å². The number of nitrogens with zero attached hydrogens (tertiary/aromatic N) is 1. The van der Waals surface area contributed by atoms with Crippen LogP contribution < -0.4 is 0 Å². The summed E-state index contributed by atoms with van der Waals surface area (Å²) in [6.07, 6.45) is 6.34. The Morgan fingerprint density at radius 3 is 2.13 bits per heavy atom. The Balaban J connectivity index is 1.38. The number of carbonyl (C=O) groups excluding carboxylic acids is 1. The minimum atomic E-state index is -0.227. The van der Waals surface area contributed by atoms with E-state index in [4.69, 9.17) is 4.74 Å². The molecule has 30 heavy (non-hydrogen) atoms. The molecule has 1 saturated heterocycles. The molecule has 2 heterocycles. The number of carbonyl (C=O) groups is 1. The van der Waals surface area contributed by atoms with Crippen LogP contribution in [0.4, 0.5) is 4.79 Å². The highest BCUT2D eigenvalue weighted by atomic mass is 16.6. The zero-order valence-electron chi connectivity index (χ0n) is 16.9. The maximum atomic E-state index is 13.1. The molecule has 3 unspecified atom stereocenters. The molecule has 0 saturated carbocycles. The quantitative estimate of drug-likeness (QED) is 0.480. The van der Waals surface area contributed by atoms with Crippen LogP contribution in [0.1, 0.15) is 30.0 Å². The molecule has 1 aliphatic carbocycles. The van der Waals surface area contributed by atoms with Crippen molar-refractivity contribution in [2.75, 3.05) is 0 Å². The molecule has 0 radical (unpaired) electrons. The Morgan fingerprint density at radius 1 is 0.800 bits per heavy atom. The van der Waals surface area contributed by atoms with Gasteiger partial charge in [0.1, 0.15) is 6.61 Å². The summed E-state index contributed by atoms with van der Waals surface area (Å²) in [6.45, 7) is 0.303. The fraction of sp³-hybridized carbons (Fsp3) is 0.222. The van der Waals surface area contributed by atoms with Gasteiger partial charge in [-0.25, -0.2) is 4.79 Å². The van der Waals surface area contributed by atoms with Crippen LogP contribution in [0.15, 0.2) is 97.1 Å². The molecule has 2 aliphatic heterocycles. The van der Waals surface area contributed by atoms with Crippen LogP contribution in [0.3, 0.4) is 0 Å². The Morgan fingerprint density at radius 2 is 1.47 bits per heavy atom. The highest BCUT2D eigenvalue weighted by Gasteiger charge is 2.42. The standard InChI is InChI=1S/C27H25NO2/c29-27(30-19-20-7-3-1-4-8-20)28-25-17-15-24(16-18-25)26(28)23-13-11-22(12-14-23)21-9-5-2-6-10-21/h1-15,17,24-26H,16,18-19H2. The van der Waals surface area contributed by atoms with Crippen LogP contribution in [0.25, 0.3) is 11.1 Å². The highest BCUT2D eigenvalue weighted by Crippen LogP contribution is 2.44. The average Bonchev–Trinajstić information content (AvgIpc) is 2.84. The minimum Gasteiger partial charge on any atom is -0.445 e. The van der Waals surface area contributed by atoms with Crippen LogP contribution in [0, 0.1) is 5.92 Å². The number of ether oxygens (including phenoxy) is 1. The van der Waals surface area contributed by atoms with E-state index in [1.165, 1.54) is 16.7 Å². The van der Waals surface area contributed by atoms with Crippen molar-refractivity contribution in [1.29, 1.82) is 0 Å². The molecule has 3 aromatic rings. The second-order valence-electron chi connectivity index (χ2n) is 8.07. The van der Waals surface area contributed by atoms with Crippen LogP contribution in [-0.2, 0) is 11.3 Å². The lowest BCUT2D eigenvalue weighted by Crippen LogP contribution is -2.50. The Labute approximate surface area is 177 Å². The number of hydrogen-bond donors (Lipinski definition) is 0. The Bertz CT molecular complexity index is 1030. The van der Waals surface area contributed by atoms with Gasteiger partial charge in [-0.1, -0.05) is 97.1 Å². The lowest BCUT2D eigenvalue weighted by Gasteiger charge is -2.47. The summed E-state index contributed by atoms with van der Waals surface area (Å²) >= 11 is 0. The van der Waals surface area contributed by atoms with Gasteiger partial charge in [-0.05, 0) is 35.1 Å². The van der Waals surface area contributed by atoms with Gasteiger partial charge in [-0.15, -0.1) is 0 Å². The van der Waals surface area contributed by atoms with E-state index in [1.54, 1.807) is 0 Å². The molecule has 0 N–H and O–H groups in total. The number of hydrogen-bond acceptors (Lipinski definition) is 2. The molecule has 0 aromatic heterocycles. The second kappa shape index (κ2) is 8.19. The van der Waals surface area contributed by atoms with Crippen molar-refractivity contribution in [3.63, 3.8) is 0 Å². The largest absolute Gasteiger partial charge is 0.445 e. The van der Waals surface area contributed by atoms with Crippen molar-refractivity contribution >= 4 is 6.09 Å². The molecule has 6 rings (SSSR count). The Hall–Kier alpha value is -3.33. The fourth-order valence-corrected chi connectivity index (χ4v) is 4.69. The minimum absolute atomic E-state index is 0.0295. The number of amides is 1. The third-order valence-corrected chi connectivity index (χ3v) is 6.21. The van der Waals surface area contributed by atoms with E-state index in [0.29, 0.717) is 12.5 Å². The molecular formula is C27H25NO2. The van der Waals surface area contributed by atoms with E-state index in [1.807, 2.05) is 41.3 Å². The van der Waals surface area contributed by atoms with Crippen molar-refractivity contribution in [1.82, 2.24) is 4.90 Å². The van der Waals surface area contributed by atoms with E-state index in [-0.39, 0.29) is 18.2 Å². The average molecular weight is 396 g/mol. The number of piperidine rings is 1. The molecule has 3 nitrogen and oxygen atoms in total. The van der Waals surface area contributed by atoms with Gasteiger partial charge in [-0.2, -0.15) is 0 Å². The van der Waals surface area contributed by atoms with Crippen molar-refractivity contribution in [2.45, 2.75) is 31.5 Å². The van der Waals surface area contributed by atoms with Gasteiger partial charge in [0.25, 0.3) is 0 Å². The van der Waals surface area contributed by atoms with E-state index >= 15 is 0 Å². The second-order valence-corrected chi connectivity index (χ2v) is 8.07. The molecular weight excluding hydrogens is 370 g/mol. The van der Waals surface area contributed by atoms with E-state index in [2.05, 4.69) is 60.7 Å². The predicted molar refractivity (Wildman–Crippen MR) is 119 cm³/mol. The smallest absolute Gasteiger partial charge is 0.411 e. The van der Waals surface area contributed by atoms with Gasteiger partial charge in [0, 0.05) is 5.92 Å². The summed E-state index contributed by atoms with van der Waals surface area (Å²) in [5.41, 5.74) is 4.57. The van der Waals surface area contributed by atoms with Gasteiger partial charge < -0.3 is 4.74 Å². The zero-order chi connectivity index (χ0) is 20.3. The highest BCUT2D eigenvalue weighted by molar-refractivity contribution is 5.70. The van der Waals surface area contributed by atoms with E-state index < -0.39 is 0 Å². The fourth-order valence-electron chi connectivity index (χ4n) is 4.69. The van der Waals surface area contributed by atoms with Crippen LogP contribution in [0.2, 0.25) is 0 Å². The summed E-state index contributed by atoms with van der Waals surface area (Å²) in [6, 6.07) is 29.0. The SMILES string of the molecule is O=C(OCc1ccccc1)N1C2C=CC(CC2)C1c1ccc(-c2ccccc2)cc1. The first-order valence-electron chi connectivity index (χ1n) is 10.6. The molecule has 150 valence electrons. The first-order chi connectivity index (χ1) is 14.8. The van der Waals surface area contributed by atoms with E-state index in [9.17, 15) is 4.79 Å². The molecule has 3 heteroatoms. The summed E-state index contributed by atoms with van der Waals surface area (Å²) in [5, 5.41) is 0. The van der Waals surface area contributed by atoms with Crippen molar-refractivity contribution in [3.8, 4) is 11.1 Å². The van der Waals surface area contributed by atoms with Crippen molar-refractivity contribution in [3.05, 3.63) is 108 Å². The molecule has 0 spiro atoms. The van der Waals surface area contributed by atoms with Crippen LogP contribution >= 0.6 is 0 Å². The number of benzene rings is 3. The lowest BCUT2D eigenvalue weighted by atomic mass is 9.77. The number of rotatable bonds is 4.